The molecule has 0 saturated carbocycles. The van der Waals surface area contributed by atoms with Gasteiger partial charge in [-0.2, -0.15) is 0 Å². The molecule has 2 nitrogen and oxygen atoms in total. The molecule has 0 amide bonds. The maximum absolute atomic E-state index is 13.1. The highest BCUT2D eigenvalue weighted by molar-refractivity contribution is 7.58. The summed E-state index contributed by atoms with van der Waals surface area (Å²) in [4.78, 5) is 0. The molecule has 0 bridgehead atoms. The lowest BCUT2D eigenvalue weighted by atomic mass is 10.0. The molecule has 2 aromatic carbocycles. The molecule has 0 N–H and O–H groups in total. The number of hydrogen-bond acceptors (Lipinski definition) is 2. The van der Waals surface area contributed by atoms with E-state index in [9.17, 15) is 4.57 Å². The molecule has 0 aliphatic heterocycles. The summed E-state index contributed by atoms with van der Waals surface area (Å²) in [6.45, 7) is 8.18. The van der Waals surface area contributed by atoms with E-state index in [-0.39, 0.29) is 0 Å². The molecule has 3 heteroatoms. The van der Waals surface area contributed by atoms with Gasteiger partial charge in [-0.3, -0.25) is 4.57 Å². The molecule has 1 unspecified atom stereocenters. The molecule has 21 heavy (non-hydrogen) atoms. The van der Waals surface area contributed by atoms with E-state index in [4.69, 9.17) is 4.52 Å². The number of benzene rings is 2. The second-order valence-corrected chi connectivity index (χ2v) is 8.33. The van der Waals surface area contributed by atoms with E-state index in [0.717, 1.165) is 5.56 Å². The third kappa shape index (κ3) is 3.98. The molecular formula is C18H23O2P. The van der Waals surface area contributed by atoms with Crippen molar-refractivity contribution in [3.05, 3.63) is 64.7 Å². The van der Waals surface area contributed by atoms with Crippen LogP contribution in [0.2, 0.25) is 0 Å². The maximum Gasteiger partial charge on any atom is 0.251 e. The first-order valence-corrected chi connectivity index (χ1v) is 9.32. The Bertz CT molecular complexity index is 639. The van der Waals surface area contributed by atoms with Crippen LogP contribution in [0.5, 0.6) is 5.75 Å². The second-order valence-electron chi connectivity index (χ2n) is 5.57. The van der Waals surface area contributed by atoms with Crippen molar-refractivity contribution in [1.82, 2.24) is 0 Å². The molecule has 2 rings (SSSR count). The Morgan fingerprint density at radius 3 is 2.10 bits per heavy atom. The van der Waals surface area contributed by atoms with Crippen LogP contribution in [0.15, 0.2) is 42.5 Å². The van der Waals surface area contributed by atoms with Crippen molar-refractivity contribution in [3.8, 4) is 5.75 Å². The molecule has 0 aliphatic carbocycles. The van der Waals surface area contributed by atoms with E-state index in [2.05, 4.69) is 32.9 Å². The average molecular weight is 302 g/mol. The van der Waals surface area contributed by atoms with Gasteiger partial charge in [-0.25, -0.2) is 0 Å². The van der Waals surface area contributed by atoms with Crippen LogP contribution in [0, 0.1) is 20.8 Å². The Morgan fingerprint density at radius 1 is 1.00 bits per heavy atom. The zero-order valence-electron chi connectivity index (χ0n) is 13.2. The van der Waals surface area contributed by atoms with Crippen LogP contribution in [0.3, 0.4) is 0 Å². The van der Waals surface area contributed by atoms with Gasteiger partial charge in [-0.15, -0.1) is 0 Å². The molecule has 0 spiro atoms. The minimum absolute atomic E-state index is 0.496. The Kier molecular flexibility index (Phi) is 4.90. The molecule has 0 radical (unpaired) electrons. The van der Waals surface area contributed by atoms with E-state index in [1.165, 1.54) is 16.7 Å². The largest absolute Gasteiger partial charge is 0.443 e. The van der Waals surface area contributed by atoms with Crippen LogP contribution in [0.25, 0.3) is 0 Å². The van der Waals surface area contributed by atoms with Gasteiger partial charge >= 0.3 is 0 Å². The van der Waals surface area contributed by atoms with Gasteiger partial charge in [0.1, 0.15) is 5.75 Å². The monoisotopic (exact) mass is 302 g/mol. The predicted octanol–water partition coefficient (Wildman–Crippen LogP) is 5.49. The van der Waals surface area contributed by atoms with Crippen LogP contribution >= 0.6 is 7.37 Å². The lowest BCUT2D eigenvalue weighted by Gasteiger charge is -2.21. The van der Waals surface area contributed by atoms with Gasteiger partial charge in [-0.05, 0) is 49.6 Å². The third-order valence-electron chi connectivity index (χ3n) is 3.74. The first-order chi connectivity index (χ1) is 9.93. The Balaban J connectivity index is 2.29. The van der Waals surface area contributed by atoms with Gasteiger partial charge in [0, 0.05) is 6.16 Å². The topological polar surface area (TPSA) is 26.3 Å². The van der Waals surface area contributed by atoms with Gasteiger partial charge in [0.25, 0.3) is 7.37 Å². The normalized spacial score (nSPS) is 13.7. The SMILES string of the molecule is CCP(=O)(Cc1c(C)cc(C)cc1C)Oc1ccccc1. The summed E-state index contributed by atoms with van der Waals surface area (Å²) >= 11 is 0. The molecule has 0 fully saturated rings. The molecule has 0 heterocycles. The molecule has 1 atom stereocenters. The summed E-state index contributed by atoms with van der Waals surface area (Å²) in [5.74, 6) is 0.685. The summed E-state index contributed by atoms with van der Waals surface area (Å²) in [5.41, 5.74) is 4.78. The number of para-hydroxylation sites is 1. The third-order valence-corrected chi connectivity index (χ3v) is 6.04. The fourth-order valence-corrected chi connectivity index (χ4v) is 4.49. The number of rotatable bonds is 5. The standard InChI is InChI=1S/C18H23O2P/c1-5-21(19,20-17-9-7-6-8-10-17)13-18-15(3)11-14(2)12-16(18)4/h6-12H,5,13H2,1-4H3. The highest BCUT2D eigenvalue weighted by atomic mass is 31.2. The smallest absolute Gasteiger partial charge is 0.251 e. The van der Waals surface area contributed by atoms with Gasteiger partial charge in [0.15, 0.2) is 0 Å². The Morgan fingerprint density at radius 2 is 1.57 bits per heavy atom. The first-order valence-electron chi connectivity index (χ1n) is 7.33. The van der Waals surface area contributed by atoms with Crippen LogP contribution in [-0.2, 0) is 10.7 Å². The molecule has 112 valence electrons. The molecule has 2 aromatic rings. The zero-order valence-corrected chi connectivity index (χ0v) is 14.1. The second kappa shape index (κ2) is 6.49. The average Bonchev–Trinajstić information content (AvgIpc) is 2.44. The highest BCUT2D eigenvalue weighted by Gasteiger charge is 2.24. The van der Waals surface area contributed by atoms with Crippen molar-refractivity contribution in [2.24, 2.45) is 0 Å². The lowest BCUT2D eigenvalue weighted by Crippen LogP contribution is -2.03. The van der Waals surface area contributed by atoms with Crippen molar-refractivity contribution < 1.29 is 9.09 Å². The van der Waals surface area contributed by atoms with E-state index in [1.54, 1.807) is 0 Å². The van der Waals surface area contributed by atoms with Gasteiger partial charge in [0.2, 0.25) is 0 Å². The van der Waals surface area contributed by atoms with Gasteiger partial charge < -0.3 is 4.52 Å². The zero-order chi connectivity index (χ0) is 15.5. The van der Waals surface area contributed by atoms with Crippen molar-refractivity contribution in [2.45, 2.75) is 33.9 Å². The van der Waals surface area contributed by atoms with Crippen molar-refractivity contribution in [1.29, 1.82) is 0 Å². The predicted molar refractivity (Wildman–Crippen MR) is 89.6 cm³/mol. The van der Waals surface area contributed by atoms with Crippen molar-refractivity contribution >= 4 is 7.37 Å². The fraction of sp³-hybridized carbons (Fsp3) is 0.333. The van der Waals surface area contributed by atoms with Gasteiger partial charge in [0.05, 0.1) is 6.16 Å². The highest BCUT2D eigenvalue weighted by Crippen LogP contribution is 2.50. The van der Waals surface area contributed by atoms with Crippen molar-refractivity contribution in [3.63, 3.8) is 0 Å². The molecule has 0 saturated heterocycles. The quantitative estimate of drug-likeness (QED) is 0.683. The van der Waals surface area contributed by atoms with Crippen LogP contribution < -0.4 is 4.52 Å². The Labute approximate surface area is 127 Å². The van der Waals surface area contributed by atoms with E-state index in [0.29, 0.717) is 18.1 Å². The minimum atomic E-state index is -2.71. The molecular weight excluding hydrogens is 279 g/mol. The fourth-order valence-electron chi connectivity index (χ4n) is 2.58. The van der Waals surface area contributed by atoms with Crippen LogP contribution in [0.4, 0.5) is 0 Å². The summed E-state index contributed by atoms with van der Waals surface area (Å²) in [6.07, 6.45) is 1.03. The summed E-state index contributed by atoms with van der Waals surface area (Å²) in [5, 5.41) is 0. The summed E-state index contributed by atoms with van der Waals surface area (Å²) in [7, 11) is -2.71. The summed E-state index contributed by atoms with van der Waals surface area (Å²) in [6, 6.07) is 13.7. The minimum Gasteiger partial charge on any atom is -0.443 e. The lowest BCUT2D eigenvalue weighted by molar-refractivity contribution is 0.481. The Hall–Kier alpha value is -1.53. The van der Waals surface area contributed by atoms with Crippen LogP contribution in [-0.4, -0.2) is 6.16 Å². The maximum atomic E-state index is 13.1. The molecule has 0 aromatic heterocycles. The number of aryl methyl sites for hydroxylation is 3. The van der Waals surface area contributed by atoms with E-state index >= 15 is 0 Å². The van der Waals surface area contributed by atoms with Crippen LogP contribution in [0.1, 0.15) is 29.2 Å². The van der Waals surface area contributed by atoms with E-state index < -0.39 is 7.37 Å². The van der Waals surface area contributed by atoms with E-state index in [1.807, 2.05) is 37.3 Å². The van der Waals surface area contributed by atoms with Gasteiger partial charge in [-0.1, -0.05) is 42.8 Å². The summed E-state index contributed by atoms with van der Waals surface area (Å²) < 4.78 is 18.9. The first kappa shape index (κ1) is 15.9. The number of hydrogen-bond donors (Lipinski definition) is 0. The molecule has 0 aliphatic rings. The van der Waals surface area contributed by atoms with Crippen molar-refractivity contribution in [2.75, 3.05) is 6.16 Å².